The van der Waals surface area contributed by atoms with Crippen molar-refractivity contribution in [3.8, 4) is 17.2 Å². The minimum absolute atomic E-state index is 0.0683. The van der Waals surface area contributed by atoms with Crippen LogP contribution in [0.1, 0.15) is 0 Å². The van der Waals surface area contributed by atoms with Crippen molar-refractivity contribution in [3.05, 3.63) is 36.4 Å². The lowest BCUT2D eigenvalue weighted by Crippen LogP contribution is -1.83. The van der Waals surface area contributed by atoms with Gasteiger partial charge < -0.3 is 15.3 Å². The van der Waals surface area contributed by atoms with Gasteiger partial charge in [-0.3, -0.25) is 0 Å². The van der Waals surface area contributed by atoms with Crippen LogP contribution in [0.2, 0.25) is 0 Å². The third-order valence-electron chi connectivity index (χ3n) is 3.27. The van der Waals surface area contributed by atoms with Gasteiger partial charge in [0, 0.05) is 17.8 Å². The Morgan fingerprint density at radius 1 is 0.800 bits per heavy atom. The van der Waals surface area contributed by atoms with Crippen molar-refractivity contribution in [2.45, 2.75) is 0 Å². The summed E-state index contributed by atoms with van der Waals surface area (Å²) < 4.78 is 0. The highest BCUT2D eigenvalue weighted by Crippen LogP contribution is 2.48. The molecule has 0 radical (unpaired) electrons. The number of phenolic OH excluding ortho intramolecular Hbond substituents is 3. The smallest absolute Gasteiger partial charge is 0.135 e. The lowest BCUT2D eigenvalue weighted by molar-refractivity contribution is 0.460. The normalized spacial score (nSPS) is 11.7. The number of benzene rings is 3. The molecule has 3 aromatic rings. The fraction of sp³-hybridized carbons (Fsp3) is 0.0667. The van der Waals surface area contributed by atoms with Crippen LogP contribution in [0.15, 0.2) is 46.6 Å². The van der Waals surface area contributed by atoms with Crippen molar-refractivity contribution in [2.24, 2.45) is 10.2 Å². The van der Waals surface area contributed by atoms with Gasteiger partial charge in [-0.25, -0.2) is 0 Å². The number of rotatable bonds is 1. The number of hydrogen-bond acceptors (Lipinski definition) is 5. The molecular weight excluding hydrogens is 256 g/mol. The summed E-state index contributed by atoms with van der Waals surface area (Å²) >= 11 is 0. The molecule has 0 aliphatic carbocycles. The summed E-state index contributed by atoms with van der Waals surface area (Å²) in [5.41, 5.74) is 0.421. The molecular formula is C15H12N2O3. The molecule has 0 aliphatic heterocycles. The van der Waals surface area contributed by atoms with Crippen molar-refractivity contribution in [2.75, 3.05) is 7.05 Å². The molecule has 0 unspecified atom stereocenters. The average molecular weight is 268 g/mol. The molecule has 0 saturated heterocycles. The summed E-state index contributed by atoms with van der Waals surface area (Å²) in [7, 11) is 1.52. The summed E-state index contributed by atoms with van der Waals surface area (Å²) in [5, 5.41) is 39.9. The number of aromatic hydroxyl groups is 3. The van der Waals surface area contributed by atoms with Crippen molar-refractivity contribution >= 4 is 27.2 Å². The van der Waals surface area contributed by atoms with Gasteiger partial charge in [0.05, 0.1) is 10.8 Å². The van der Waals surface area contributed by atoms with Crippen LogP contribution in [0, 0.1) is 0 Å². The first kappa shape index (κ1) is 12.2. The first-order valence-electron chi connectivity index (χ1n) is 6.03. The molecule has 0 aromatic heterocycles. The molecule has 0 amide bonds. The van der Waals surface area contributed by atoms with Gasteiger partial charge in [0.2, 0.25) is 0 Å². The molecule has 0 bridgehead atoms. The molecule has 5 heteroatoms. The maximum atomic E-state index is 10.4. The van der Waals surface area contributed by atoms with Crippen LogP contribution < -0.4 is 0 Å². The molecule has 100 valence electrons. The second-order valence-electron chi connectivity index (χ2n) is 4.40. The van der Waals surface area contributed by atoms with E-state index in [1.54, 1.807) is 18.2 Å². The third-order valence-corrected chi connectivity index (χ3v) is 3.27. The Labute approximate surface area is 114 Å². The van der Waals surface area contributed by atoms with Gasteiger partial charge in [0.1, 0.15) is 22.9 Å². The fourth-order valence-electron chi connectivity index (χ4n) is 2.43. The van der Waals surface area contributed by atoms with E-state index >= 15 is 0 Å². The number of hydrogen-bond donors (Lipinski definition) is 3. The molecule has 3 N–H and O–H groups in total. The SMILES string of the molecule is CN=Nc1c2ccccc2c(O)c2c(O)ccc(O)c12. The Hall–Kier alpha value is -2.82. The van der Waals surface area contributed by atoms with Gasteiger partial charge in [-0.1, -0.05) is 24.3 Å². The van der Waals surface area contributed by atoms with Crippen LogP contribution >= 0.6 is 0 Å². The zero-order chi connectivity index (χ0) is 14.3. The van der Waals surface area contributed by atoms with E-state index in [-0.39, 0.29) is 28.0 Å². The Balaban J connectivity index is 2.70. The molecule has 0 aliphatic rings. The number of nitrogens with zero attached hydrogens (tertiary/aromatic N) is 2. The molecule has 3 aromatic carbocycles. The average Bonchev–Trinajstić information content (AvgIpc) is 2.46. The molecule has 5 nitrogen and oxygen atoms in total. The van der Waals surface area contributed by atoms with E-state index in [1.165, 1.54) is 19.2 Å². The highest BCUT2D eigenvalue weighted by atomic mass is 16.3. The van der Waals surface area contributed by atoms with Gasteiger partial charge >= 0.3 is 0 Å². The second-order valence-corrected chi connectivity index (χ2v) is 4.40. The van der Waals surface area contributed by atoms with Crippen molar-refractivity contribution in [1.29, 1.82) is 0 Å². The first-order valence-corrected chi connectivity index (χ1v) is 6.03. The Morgan fingerprint density at radius 2 is 1.40 bits per heavy atom. The van der Waals surface area contributed by atoms with Crippen LogP contribution in [0.5, 0.6) is 17.2 Å². The van der Waals surface area contributed by atoms with Crippen LogP contribution in [-0.4, -0.2) is 22.4 Å². The maximum absolute atomic E-state index is 10.4. The van der Waals surface area contributed by atoms with E-state index in [0.29, 0.717) is 16.5 Å². The quantitative estimate of drug-likeness (QED) is 0.356. The largest absolute Gasteiger partial charge is 0.507 e. The Morgan fingerprint density at radius 3 is 2.05 bits per heavy atom. The molecule has 0 spiro atoms. The van der Waals surface area contributed by atoms with Crippen LogP contribution in [-0.2, 0) is 0 Å². The van der Waals surface area contributed by atoms with E-state index in [9.17, 15) is 15.3 Å². The summed E-state index contributed by atoms with van der Waals surface area (Å²) in [6, 6.07) is 9.78. The monoisotopic (exact) mass is 268 g/mol. The molecule has 0 heterocycles. The fourth-order valence-corrected chi connectivity index (χ4v) is 2.43. The zero-order valence-electron chi connectivity index (χ0n) is 10.7. The van der Waals surface area contributed by atoms with E-state index in [2.05, 4.69) is 10.2 Å². The minimum Gasteiger partial charge on any atom is -0.507 e. The van der Waals surface area contributed by atoms with Crippen LogP contribution in [0.25, 0.3) is 21.5 Å². The summed E-state index contributed by atoms with van der Waals surface area (Å²) in [6.07, 6.45) is 0. The van der Waals surface area contributed by atoms with E-state index in [4.69, 9.17) is 0 Å². The summed E-state index contributed by atoms with van der Waals surface area (Å²) in [5.74, 6) is -0.270. The predicted molar refractivity (Wildman–Crippen MR) is 76.9 cm³/mol. The van der Waals surface area contributed by atoms with Gasteiger partial charge in [-0.05, 0) is 12.1 Å². The van der Waals surface area contributed by atoms with Crippen LogP contribution in [0.3, 0.4) is 0 Å². The van der Waals surface area contributed by atoms with E-state index in [1.807, 2.05) is 6.07 Å². The lowest BCUT2D eigenvalue weighted by Gasteiger charge is -2.12. The Kier molecular flexibility index (Phi) is 2.68. The Bertz CT molecular complexity index is 857. The number of azo groups is 1. The van der Waals surface area contributed by atoms with E-state index in [0.717, 1.165) is 0 Å². The van der Waals surface area contributed by atoms with Crippen molar-refractivity contribution in [3.63, 3.8) is 0 Å². The van der Waals surface area contributed by atoms with E-state index < -0.39 is 0 Å². The lowest BCUT2D eigenvalue weighted by atomic mass is 9.98. The maximum Gasteiger partial charge on any atom is 0.135 e. The van der Waals surface area contributed by atoms with Crippen LogP contribution in [0.4, 0.5) is 5.69 Å². The number of phenols is 3. The zero-order valence-corrected chi connectivity index (χ0v) is 10.7. The second kappa shape index (κ2) is 4.38. The van der Waals surface area contributed by atoms with Gasteiger partial charge in [0.15, 0.2) is 0 Å². The predicted octanol–water partition coefficient (Wildman–Crippen LogP) is 3.82. The molecule has 0 atom stereocenters. The minimum atomic E-state index is -0.117. The summed E-state index contributed by atoms with van der Waals surface area (Å²) in [6.45, 7) is 0. The highest BCUT2D eigenvalue weighted by Gasteiger charge is 2.18. The molecule has 20 heavy (non-hydrogen) atoms. The third kappa shape index (κ3) is 1.56. The molecule has 3 rings (SSSR count). The summed E-state index contributed by atoms with van der Waals surface area (Å²) in [4.78, 5) is 0. The number of fused-ring (bicyclic) bond motifs is 2. The first-order chi connectivity index (χ1) is 9.65. The molecule has 0 saturated carbocycles. The van der Waals surface area contributed by atoms with Crippen molar-refractivity contribution < 1.29 is 15.3 Å². The van der Waals surface area contributed by atoms with Gasteiger partial charge in [-0.2, -0.15) is 10.2 Å². The molecule has 0 fully saturated rings. The highest BCUT2D eigenvalue weighted by molar-refractivity contribution is 6.18. The topological polar surface area (TPSA) is 85.4 Å². The standard InChI is InChI=1S/C15H12N2O3/c1-16-17-14-8-4-2-3-5-9(8)15(20)13-11(19)7-6-10(18)12(13)14/h2-7,18-20H,1H3. The van der Waals surface area contributed by atoms with Gasteiger partial charge in [0.25, 0.3) is 0 Å². The van der Waals surface area contributed by atoms with Gasteiger partial charge in [-0.15, -0.1) is 0 Å². The van der Waals surface area contributed by atoms with Crippen molar-refractivity contribution in [1.82, 2.24) is 0 Å².